The molecule has 1 aromatic carbocycles. The topological polar surface area (TPSA) is 52.6 Å². The predicted octanol–water partition coefficient (Wildman–Crippen LogP) is 4.40. The molecule has 0 unspecified atom stereocenters. The maximum absolute atomic E-state index is 13.6. The van der Waals surface area contributed by atoms with Gasteiger partial charge in [-0.15, -0.1) is 0 Å². The number of rotatable bonds is 9. The second kappa shape index (κ2) is 10.0. The van der Waals surface area contributed by atoms with E-state index in [2.05, 4.69) is 0 Å². The van der Waals surface area contributed by atoms with Gasteiger partial charge in [-0.2, -0.15) is 13.2 Å². The Morgan fingerprint density at radius 1 is 1.04 bits per heavy atom. The molecule has 1 aromatic rings. The Morgan fingerprint density at radius 3 is 2.28 bits per heavy atom. The van der Waals surface area contributed by atoms with Gasteiger partial charge in [0.05, 0.1) is 12.2 Å². The van der Waals surface area contributed by atoms with Crippen molar-refractivity contribution < 1.29 is 36.6 Å². The fourth-order valence-corrected chi connectivity index (χ4v) is 1.98. The third kappa shape index (κ3) is 7.53. The fraction of sp³-hybridized carbons (Fsp3) is 0.529. The number of ether oxygens (including phenoxy) is 2. The summed E-state index contributed by atoms with van der Waals surface area (Å²) in [5.74, 6) is -2.35. The third-order valence-electron chi connectivity index (χ3n) is 3.32. The molecule has 4 nitrogen and oxygen atoms in total. The van der Waals surface area contributed by atoms with Gasteiger partial charge in [-0.3, -0.25) is 9.59 Å². The first kappa shape index (κ1) is 20.9. The summed E-state index contributed by atoms with van der Waals surface area (Å²) in [7, 11) is 0. The SMILES string of the molecule is CCCCOC(=O)CCCC(=O)OCc1c(F)cccc1C(F)(F)F. The molecule has 0 radical (unpaired) electrons. The van der Waals surface area contributed by atoms with E-state index < -0.39 is 41.7 Å². The molecule has 25 heavy (non-hydrogen) atoms. The highest BCUT2D eigenvalue weighted by molar-refractivity contribution is 5.72. The van der Waals surface area contributed by atoms with Gasteiger partial charge < -0.3 is 9.47 Å². The summed E-state index contributed by atoms with van der Waals surface area (Å²) in [5, 5.41) is 0. The van der Waals surface area contributed by atoms with E-state index in [1.54, 1.807) is 0 Å². The molecule has 0 N–H and O–H groups in total. The van der Waals surface area contributed by atoms with Crippen molar-refractivity contribution in [3.05, 3.63) is 35.1 Å². The monoisotopic (exact) mass is 364 g/mol. The standard InChI is InChI=1S/C17H20F4O4/c1-2-3-10-24-15(22)8-5-9-16(23)25-11-12-13(17(19,20)21)6-4-7-14(12)18/h4,6-7H,2-3,5,8-11H2,1H3. The summed E-state index contributed by atoms with van der Waals surface area (Å²) < 4.78 is 61.6. The highest BCUT2D eigenvalue weighted by Gasteiger charge is 2.34. The van der Waals surface area contributed by atoms with Crippen LogP contribution in [-0.2, 0) is 31.8 Å². The number of halogens is 4. The van der Waals surface area contributed by atoms with E-state index in [4.69, 9.17) is 9.47 Å². The van der Waals surface area contributed by atoms with Crippen LogP contribution in [-0.4, -0.2) is 18.5 Å². The predicted molar refractivity (Wildman–Crippen MR) is 80.9 cm³/mol. The number of carbonyl (C=O) groups excluding carboxylic acids is 2. The lowest BCUT2D eigenvalue weighted by molar-refractivity contribution is -0.148. The Hall–Kier alpha value is -2.12. The molecular formula is C17H20F4O4. The number of esters is 2. The summed E-state index contributed by atoms with van der Waals surface area (Å²) in [4.78, 5) is 22.9. The van der Waals surface area contributed by atoms with Crippen molar-refractivity contribution in [3.8, 4) is 0 Å². The molecule has 0 fully saturated rings. The molecule has 140 valence electrons. The van der Waals surface area contributed by atoms with Crippen LogP contribution in [0.15, 0.2) is 18.2 Å². The molecule has 0 spiro atoms. The minimum Gasteiger partial charge on any atom is -0.466 e. The number of unbranched alkanes of at least 4 members (excludes halogenated alkanes) is 1. The molecule has 0 amide bonds. The summed E-state index contributed by atoms with van der Waals surface area (Å²) >= 11 is 0. The van der Waals surface area contributed by atoms with Crippen molar-refractivity contribution in [2.75, 3.05) is 6.61 Å². The minimum absolute atomic E-state index is 0.00626. The third-order valence-corrected chi connectivity index (χ3v) is 3.32. The number of hydrogen-bond donors (Lipinski definition) is 0. The lowest BCUT2D eigenvalue weighted by atomic mass is 10.1. The molecule has 8 heteroatoms. The van der Waals surface area contributed by atoms with Crippen LogP contribution in [0.5, 0.6) is 0 Å². The Bertz CT molecular complexity index is 585. The molecule has 0 aromatic heterocycles. The van der Waals surface area contributed by atoms with Gasteiger partial charge in [0.2, 0.25) is 0 Å². The first-order valence-electron chi connectivity index (χ1n) is 7.91. The summed E-state index contributed by atoms with van der Waals surface area (Å²) in [5.41, 5.74) is -1.90. The fourth-order valence-electron chi connectivity index (χ4n) is 1.98. The normalized spacial score (nSPS) is 11.2. The van der Waals surface area contributed by atoms with Gasteiger partial charge in [0.25, 0.3) is 0 Å². The van der Waals surface area contributed by atoms with Crippen LogP contribution in [0.2, 0.25) is 0 Å². The molecule has 0 saturated heterocycles. The van der Waals surface area contributed by atoms with E-state index in [-0.39, 0.29) is 19.3 Å². The lowest BCUT2D eigenvalue weighted by Crippen LogP contribution is -2.14. The van der Waals surface area contributed by atoms with Crippen LogP contribution >= 0.6 is 0 Å². The number of hydrogen-bond acceptors (Lipinski definition) is 4. The molecule has 0 heterocycles. The van der Waals surface area contributed by atoms with Gasteiger partial charge in [-0.05, 0) is 25.0 Å². The number of benzene rings is 1. The van der Waals surface area contributed by atoms with Crippen LogP contribution in [0, 0.1) is 5.82 Å². The van der Waals surface area contributed by atoms with E-state index >= 15 is 0 Å². The summed E-state index contributed by atoms with van der Waals surface area (Å²) in [6.07, 6.45) is -3.13. The number of alkyl halides is 3. The second-order valence-corrected chi connectivity index (χ2v) is 5.35. The zero-order valence-electron chi connectivity index (χ0n) is 13.8. The van der Waals surface area contributed by atoms with Crippen LogP contribution in [0.3, 0.4) is 0 Å². The van der Waals surface area contributed by atoms with Crippen molar-refractivity contribution in [2.45, 2.75) is 51.8 Å². The van der Waals surface area contributed by atoms with E-state index in [9.17, 15) is 27.2 Å². The van der Waals surface area contributed by atoms with E-state index in [1.165, 1.54) is 0 Å². The maximum atomic E-state index is 13.6. The molecule has 0 aliphatic heterocycles. The zero-order valence-corrected chi connectivity index (χ0v) is 13.8. The summed E-state index contributed by atoms with van der Waals surface area (Å²) in [6, 6.07) is 2.52. The van der Waals surface area contributed by atoms with Gasteiger partial charge in [-0.1, -0.05) is 19.4 Å². The first-order chi connectivity index (χ1) is 11.8. The molecule has 0 aliphatic rings. The van der Waals surface area contributed by atoms with Crippen LogP contribution in [0.1, 0.15) is 50.2 Å². The number of carbonyl (C=O) groups is 2. The molecule has 0 saturated carbocycles. The highest BCUT2D eigenvalue weighted by Crippen LogP contribution is 2.33. The quantitative estimate of drug-likeness (QED) is 0.370. The molecule has 0 bridgehead atoms. The van der Waals surface area contributed by atoms with Crippen LogP contribution < -0.4 is 0 Å². The molecule has 0 aliphatic carbocycles. The lowest BCUT2D eigenvalue weighted by Gasteiger charge is -2.13. The van der Waals surface area contributed by atoms with Gasteiger partial charge in [-0.25, -0.2) is 4.39 Å². The Labute approximate surface area is 143 Å². The average Bonchev–Trinajstić information content (AvgIpc) is 2.53. The van der Waals surface area contributed by atoms with Crippen LogP contribution in [0.25, 0.3) is 0 Å². The van der Waals surface area contributed by atoms with Gasteiger partial charge in [0.1, 0.15) is 12.4 Å². The van der Waals surface area contributed by atoms with E-state index in [0.29, 0.717) is 6.61 Å². The maximum Gasteiger partial charge on any atom is 0.416 e. The van der Waals surface area contributed by atoms with Crippen molar-refractivity contribution in [1.82, 2.24) is 0 Å². The van der Waals surface area contributed by atoms with E-state index in [0.717, 1.165) is 31.0 Å². The van der Waals surface area contributed by atoms with E-state index in [1.807, 2.05) is 6.92 Å². The van der Waals surface area contributed by atoms with Crippen molar-refractivity contribution in [1.29, 1.82) is 0 Å². The van der Waals surface area contributed by atoms with Gasteiger partial charge in [0, 0.05) is 18.4 Å². The molecule has 1 rings (SSSR count). The second-order valence-electron chi connectivity index (χ2n) is 5.35. The van der Waals surface area contributed by atoms with Crippen LogP contribution in [0.4, 0.5) is 17.6 Å². The minimum atomic E-state index is -4.74. The average molecular weight is 364 g/mol. The Kier molecular flexibility index (Phi) is 8.37. The van der Waals surface area contributed by atoms with Crippen molar-refractivity contribution >= 4 is 11.9 Å². The largest absolute Gasteiger partial charge is 0.466 e. The highest BCUT2D eigenvalue weighted by atomic mass is 19.4. The molecule has 0 atom stereocenters. The first-order valence-corrected chi connectivity index (χ1v) is 7.91. The molecular weight excluding hydrogens is 344 g/mol. The Balaban J connectivity index is 2.44. The van der Waals surface area contributed by atoms with Crippen molar-refractivity contribution in [3.63, 3.8) is 0 Å². The Morgan fingerprint density at radius 2 is 1.68 bits per heavy atom. The van der Waals surface area contributed by atoms with Gasteiger partial charge >= 0.3 is 18.1 Å². The smallest absolute Gasteiger partial charge is 0.416 e. The summed E-state index contributed by atoms with van der Waals surface area (Å²) in [6.45, 7) is 1.44. The van der Waals surface area contributed by atoms with Crippen molar-refractivity contribution in [2.24, 2.45) is 0 Å². The van der Waals surface area contributed by atoms with Gasteiger partial charge in [0.15, 0.2) is 0 Å². The zero-order chi connectivity index (χ0) is 18.9.